The molecule has 0 bridgehead atoms. The van der Waals surface area contributed by atoms with Crippen molar-refractivity contribution in [2.24, 2.45) is 0 Å². The van der Waals surface area contributed by atoms with Crippen LogP contribution in [0, 0.1) is 0 Å². The van der Waals surface area contributed by atoms with E-state index in [1.165, 1.54) is 18.7 Å². The van der Waals surface area contributed by atoms with Gasteiger partial charge in [0.05, 0.1) is 7.11 Å². The predicted molar refractivity (Wildman–Crippen MR) is 76.5 cm³/mol. The Morgan fingerprint density at radius 2 is 2.05 bits per heavy atom. The van der Waals surface area contributed by atoms with Crippen molar-refractivity contribution in [1.29, 1.82) is 0 Å². The number of fused-ring (bicyclic) bond motifs is 1. The topological polar surface area (TPSA) is 49.8 Å². The van der Waals surface area contributed by atoms with Crippen LogP contribution in [0.4, 0.5) is 5.69 Å². The number of hydrogen-bond donors (Lipinski definition) is 1. The maximum Gasteiger partial charge on any atom is 0.258 e. The molecule has 0 atom stereocenters. The molecule has 102 valence electrons. The molecule has 0 fully saturated rings. The summed E-state index contributed by atoms with van der Waals surface area (Å²) < 4.78 is 5.05. The van der Waals surface area contributed by atoms with E-state index in [1.54, 1.807) is 17.0 Å². The summed E-state index contributed by atoms with van der Waals surface area (Å²) >= 11 is 0. The molecule has 2 aromatic rings. The maximum absolute atomic E-state index is 12.6. The molecular weight excluding hydrogens is 254 g/mol. The lowest BCUT2D eigenvalue weighted by atomic mass is 10.1. The van der Waals surface area contributed by atoms with E-state index < -0.39 is 0 Å². The van der Waals surface area contributed by atoms with Gasteiger partial charge in [-0.1, -0.05) is 18.2 Å². The lowest BCUT2D eigenvalue weighted by Gasteiger charge is -2.17. The molecule has 1 aliphatic rings. The molecule has 1 heterocycles. The Morgan fingerprint density at radius 3 is 2.85 bits per heavy atom. The minimum absolute atomic E-state index is 0.0332. The third-order valence-corrected chi connectivity index (χ3v) is 3.56. The van der Waals surface area contributed by atoms with Gasteiger partial charge in [0.15, 0.2) is 11.5 Å². The molecule has 1 amide bonds. The summed E-state index contributed by atoms with van der Waals surface area (Å²) in [6.45, 7) is 0.682. The molecule has 3 rings (SSSR count). The van der Waals surface area contributed by atoms with Crippen LogP contribution in [0.15, 0.2) is 42.5 Å². The van der Waals surface area contributed by atoms with E-state index in [-0.39, 0.29) is 11.7 Å². The number of nitrogens with zero attached hydrogens (tertiary/aromatic N) is 1. The lowest BCUT2D eigenvalue weighted by Crippen LogP contribution is -2.28. The van der Waals surface area contributed by atoms with Crippen molar-refractivity contribution in [2.45, 2.75) is 6.42 Å². The van der Waals surface area contributed by atoms with E-state index in [9.17, 15) is 9.90 Å². The van der Waals surface area contributed by atoms with Gasteiger partial charge in [0, 0.05) is 17.8 Å². The number of ether oxygens (including phenoxy) is 1. The first-order valence-corrected chi connectivity index (χ1v) is 6.47. The van der Waals surface area contributed by atoms with E-state index in [0.29, 0.717) is 17.9 Å². The van der Waals surface area contributed by atoms with Gasteiger partial charge >= 0.3 is 0 Å². The van der Waals surface area contributed by atoms with Crippen molar-refractivity contribution in [2.75, 3.05) is 18.6 Å². The monoisotopic (exact) mass is 269 g/mol. The van der Waals surface area contributed by atoms with E-state index in [4.69, 9.17) is 4.74 Å². The van der Waals surface area contributed by atoms with Crippen molar-refractivity contribution >= 4 is 11.6 Å². The number of carbonyl (C=O) groups excluding carboxylic acids is 1. The molecule has 1 aliphatic heterocycles. The van der Waals surface area contributed by atoms with Crippen molar-refractivity contribution in [1.82, 2.24) is 0 Å². The van der Waals surface area contributed by atoms with E-state index >= 15 is 0 Å². The highest BCUT2D eigenvalue weighted by Gasteiger charge is 2.25. The summed E-state index contributed by atoms with van der Waals surface area (Å²) in [6.07, 6.45) is 0.872. The van der Waals surface area contributed by atoms with Gasteiger partial charge in [-0.2, -0.15) is 0 Å². The molecule has 2 aromatic carbocycles. The number of hydrogen-bond acceptors (Lipinski definition) is 3. The van der Waals surface area contributed by atoms with Crippen LogP contribution in [-0.4, -0.2) is 24.7 Å². The first-order chi connectivity index (χ1) is 9.70. The number of carbonyl (C=O) groups is 1. The van der Waals surface area contributed by atoms with Gasteiger partial charge in [0.2, 0.25) is 0 Å². The number of rotatable bonds is 2. The van der Waals surface area contributed by atoms with Crippen LogP contribution in [0.5, 0.6) is 11.5 Å². The van der Waals surface area contributed by atoms with Crippen molar-refractivity contribution in [3.63, 3.8) is 0 Å². The number of aromatic hydroxyl groups is 1. The van der Waals surface area contributed by atoms with Crippen LogP contribution in [0.1, 0.15) is 15.9 Å². The van der Waals surface area contributed by atoms with E-state index in [2.05, 4.69) is 0 Å². The quantitative estimate of drug-likeness (QED) is 0.911. The normalized spacial score (nSPS) is 13.2. The number of phenols is 1. The highest BCUT2D eigenvalue weighted by Crippen LogP contribution is 2.31. The standard InChI is InChI=1S/C16H15NO3/c1-20-15-10-12(6-7-14(15)18)16(19)17-9-8-11-4-2-3-5-13(11)17/h2-7,10,18H,8-9H2,1H3. The summed E-state index contributed by atoms with van der Waals surface area (Å²) in [5.74, 6) is 0.266. The minimum atomic E-state index is -0.0757. The van der Waals surface area contributed by atoms with Gasteiger partial charge in [-0.05, 0) is 36.2 Å². The first kappa shape index (κ1) is 12.5. The molecule has 0 unspecified atom stereocenters. The number of methoxy groups -OCH3 is 1. The largest absolute Gasteiger partial charge is 0.504 e. The van der Waals surface area contributed by atoms with Gasteiger partial charge in [-0.25, -0.2) is 0 Å². The number of para-hydroxylation sites is 1. The summed E-state index contributed by atoms with van der Waals surface area (Å²) in [5, 5.41) is 9.59. The summed E-state index contributed by atoms with van der Waals surface area (Å²) in [4.78, 5) is 14.3. The zero-order chi connectivity index (χ0) is 14.1. The second-order valence-corrected chi connectivity index (χ2v) is 4.72. The second kappa shape index (κ2) is 4.89. The second-order valence-electron chi connectivity index (χ2n) is 4.72. The number of benzene rings is 2. The molecule has 1 N–H and O–H groups in total. The van der Waals surface area contributed by atoms with Gasteiger partial charge in [0.25, 0.3) is 5.91 Å². The predicted octanol–water partition coefficient (Wildman–Crippen LogP) is 2.60. The molecule has 0 aliphatic carbocycles. The average molecular weight is 269 g/mol. The van der Waals surface area contributed by atoms with Crippen molar-refractivity contribution in [3.8, 4) is 11.5 Å². The molecule has 0 saturated carbocycles. The highest BCUT2D eigenvalue weighted by molar-refractivity contribution is 6.07. The molecule has 4 nitrogen and oxygen atoms in total. The Kier molecular flexibility index (Phi) is 3.06. The van der Waals surface area contributed by atoms with Crippen LogP contribution in [0.2, 0.25) is 0 Å². The van der Waals surface area contributed by atoms with Crippen LogP contribution in [0.3, 0.4) is 0 Å². The zero-order valence-electron chi connectivity index (χ0n) is 11.2. The third-order valence-electron chi connectivity index (χ3n) is 3.56. The van der Waals surface area contributed by atoms with Crippen LogP contribution in [0.25, 0.3) is 0 Å². The first-order valence-electron chi connectivity index (χ1n) is 6.47. The van der Waals surface area contributed by atoms with Gasteiger partial charge < -0.3 is 14.7 Å². The fourth-order valence-electron chi connectivity index (χ4n) is 2.52. The molecule has 0 saturated heterocycles. The van der Waals surface area contributed by atoms with Crippen LogP contribution >= 0.6 is 0 Å². The van der Waals surface area contributed by atoms with Gasteiger partial charge in [-0.3, -0.25) is 4.79 Å². The smallest absolute Gasteiger partial charge is 0.258 e. The van der Waals surface area contributed by atoms with Crippen LogP contribution in [-0.2, 0) is 6.42 Å². The molecule has 4 heteroatoms. The summed E-state index contributed by atoms with van der Waals surface area (Å²) in [6, 6.07) is 12.6. The lowest BCUT2D eigenvalue weighted by molar-refractivity contribution is 0.0989. The van der Waals surface area contributed by atoms with Crippen molar-refractivity contribution in [3.05, 3.63) is 53.6 Å². The summed E-state index contributed by atoms with van der Waals surface area (Å²) in [5.41, 5.74) is 2.66. The SMILES string of the molecule is COc1cc(C(=O)N2CCc3ccccc32)ccc1O. The Balaban J connectivity index is 1.94. The molecule has 20 heavy (non-hydrogen) atoms. The van der Waals surface area contributed by atoms with Crippen molar-refractivity contribution < 1.29 is 14.6 Å². The average Bonchev–Trinajstić information content (AvgIpc) is 2.91. The molecule has 0 aromatic heterocycles. The molecule has 0 spiro atoms. The zero-order valence-corrected chi connectivity index (χ0v) is 11.2. The summed E-state index contributed by atoms with van der Waals surface area (Å²) in [7, 11) is 1.47. The van der Waals surface area contributed by atoms with E-state index in [1.807, 2.05) is 24.3 Å². The Labute approximate surface area is 117 Å². The Hall–Kier alpha value is -2.49. The Bertz CT molecular complexity index is 667. The fraction of sp³-hybridized carbons (Fsp3) is 0.188. The Morgan fingerprint density at radius 1 is 1.25 bits per heavy atom. The third kappa shape index (κ3) is 1.99. The van der Waals surface area contributed by atoms with Gasteiger partial charge in [0.1, 0.15) is 0 Å². The van der Waals surface area contributed by atoms with E-state index in [0.717, 1.165) is 12.1 Å². The van der Waals surface area contributed by atoms with Crippen LogP contribution < -0.4 is 9.64 Å². The number of anilines is 1. The maximum atomic E-state index is 12.6. The number of amides is 1. The van der Waals surface area contributed by atoms with Gasteiger partial charge in [-0.15, -0.1) is 0 Å². The minimum Gasteiger partial charge on any atom is -0.504 e. The fourth-order valence-corrected chi connectivity index (χ4v) is 2.52. The highest BCUT2D eigenvalue weighted by atomic mass is 16.5. The number of phenolic OH excluding ortho intramolecular Hbond substituents is 1. The molecule has 0 radical (unpaired) electrons. The molecular formula is C16H15NO3.